The highest BCUT2D eigenvalue weighted by atomic mass is 35.5. The summed E-state index contributed by atoms with van der Waals surface area (Å²) >= 11 is 7.33. The maximum Gasteiger partial charge on any atom is 0.311 e. The third-order valence-electron chi connectivity index (χ3n) is 3.01. The van der Waals surface area contributed by atoms with Gasteiger partial charge < -0.3 is 10.2 Å². The summed E-state index contributed by atoms with van der Waals surface area (Å²) in [5.74, 6) is -1.74. The second kappa shape index (κ2) is 5.94. The summed E-state index contributed by atoms with van der Waals surface area (Å²) in [5, 5.41) is 30.5. The maximum atomic E-state index is 10.8. The van der Waals surface area contributed by atoms with Crippen LogP contribution >= 0.6 is 22.9 Å². The van der Waals surface area contributed by atoms with Crippen molar-refractivity contribution < 1.29 is 19.8 Å². The third kappa shape index (κ3) is 3.15. The van der Waals surface area contributed by atoms with Crippen LogP contribution in [0.15, 0.2) is 18.2 Å². The highest BCUT2D eigenvalue weighted by Crippen LogP contribution is 2.29. The molecule has 0 aliphatic rings. The minimum absolute atomic E-state index is 0.160. The predicted molar refractivity (Wildman–Crippen MR) is 81.8 cm³/mol. The van der Waals surface area contributed by atoms with Crippen LogP contribution in [-0.2, 0) is 22.4 Å². The molecule has 10 heteroatoms. The van der Waals surface area contributed by atoms with Crippen molar-refractivity contribution in [3.63, 3.8) is 0 Å². The molecule has 3 aromatic rings. The van der Waals surface area contributed by atoms with E-state index < -0.39 is 11.9 Å². The minimum Gasteiger partial charge on any atom is -0.481 e. The molecule has 2 aromatic heterocycles. The lowest BCUT2D eigenvalue weighted by atomic mass is 10.1. The molecule has 0 radical (unpaired) electrons. The summed E-state index contributed by atoms with van der Waals surface area (Å²) in [5.41, 5.74) is 1.21. The first kappa shape index (κ1) is 15.4. The number of halogens is 1. The lowest BCUT2D eigenvalue weighted by molar-refractivity contribution is -0.137. The van der Waals surface area contributed by atoms with Crippen molar-refractivity contribution in [1.29, 1.82) is 0 Å². The van der Waals surface area contributed by atoms with E-state index in [9.17, 15) is 9.59 Å². The summed E-state index contributed by atoms with van der Waals surface area (Å²) in [4.78, 5) is 22.0. The third-order valence-corrected chi connectivity index (χ3v) is 4.31. The minimum atomic E-state index is -1.02. The zero-order valence-corrected chi connectivity index (χ0v) is 13.0. The van der Waals surface area contributed by atoms with Crippen LogP contribution in [0.25, 0.3) is 15.5 Å². The van der Waals surface area contributed by atoms with E-state index in [0.29, 0.717) is 26.1 Å². The van der Waals surface area contributed by atoms with E-state index in [4.69, 9.17) is 21.8 Å². The number of benzene rings is 1. The summed E-state index contributed by atoms with van der Waals surface area (Å²) in [6.07, 6.45) is -0.435. The van der Waals surface area contributed by atoms with Crippen LogP contribution in [0.5, 0.6) is 0 Å². The van der Waals surface area contributed by atoms with Gasteiger partial charge in [0.2, 0.25) is 4.96 Å². The standard InChI is InChI=1S/C13H9ClN4O4S/c14-8-3-7(2-1-6(8)4-10(19)20)12-17-18-9(5-11(21)22)15-16-13(18)23-12/h1-3H,4-5H2,(H,19,20)(H,21,22). The zero-order chi connectivity index (χ0) is 16.6. The Bertz CT molecular complexity index is 920. The average Bonchev–Trinajstić information content (AvgIpc) is 3.02. The molecule has 23 heavy (non-hydrogen) atoms. The molecular weight excluding hydrogens is 344 g/mol. The number of carboxylic acid groups (broad SMARTS) is 2. The van der Waals surface area contributed by atoms with Gasteiger partial charge in [0.15, 0.2) is 5.82 Å². The molecule has 0 unspecified atom stereocenters. The number of nitrogens with zero attached hydrogens (tertiary/aromatic N) is 4. The van der Waals surface area contributed by atoms with Gasteiger partial charge >= 0.3 is 11.9 Å². The van der Waals surface area contributed by atoms with Crippen LogP contribution in [0.3, 0.4) is 0 Å². The molecule has 0 atom stereocenters. The topological polar surface area (TPSA) is 118 Å². The molecule has 0 fully saturated rings. The smallest absolute Gasteiger partial charge is 0.311 e. The van der Waals surface area contributed by atoms with Crippen LogP contribution in [0.4, 0.5) is 0 Å². The number of hydrogen-bond donors (Lipinski definition) is 2. The van der Waals surface area contributed by atoms with Crippen molar-refractivity contribution in [3.05, 3.63) is 34.6 Å². The highest BCUT2D eigenvalue weighted by molar-refractivity contribution is 7.19. The molecule has 0 amide bonds. The van der Waals surface area contributed by atoms with Crippen molar-refractivity contribution in [3.8, 4) is 10.6 Å². The first-order valence-corrected chi connectivity index (χ1v) is 7.57. The van der Waals surface area contributed by atoms with Gasteiger partial charge in [0.1, 0.15) is 11.4 Å². The van der Waals surface area contributed by atoms with Gasteiger partial charge in [-0.1, -0.05) is 35.1 Å². The van der Waals surface area contributed by atoms with Gasteiger partial charge in [-0.05, 0) is 11.6 Å². The Morgan fingerprint density at radius 1 is 1.17 bits per heavy atom. The highest BCUT2D eigenvalue weighted by Gasteiger charge is 2.16. The van der Waals surface area contributed by atoms with Crippen molar-refractivity contribution in [2.24, 2.45) is 0 Å². The number of carboxylic acids is 2. The lowest BCUT2D eigenvalue weighted by Crippen LogP contribution is -2.05. The molecule has 2 N–H and O–H groups in total. The second-order valence-electron chi connectivity index (χ2n) is 4.67. The molecule has 8 nitrogen and oxygen atoms in total. The molecule has 0 aliphatic carbocycles. The maximum absolute atomic E-state index is 10.8. The van der Waals surface area contributed by atoms with E-state index in [1.165, 1.54) is 15.9 Å². The molecule has 0 saturated carbocycles. The van der Waals surface area contributed by atoms with Crippen molar-refractivity contribution in [1.82, 2.24) is 19.8 Å². The Kier molecular flexibility index (Phi) is 3.97. The van der Waals surface area contributed by atoms with Gasteiger partial charge in [-0.15, -0.1) is 10.2 Å². The number of carbonyl (C=O) groups is 2. The van der Waals surface area contributed by atoms with E-state index in [1.807, 2.05) is 0 Å². The molecule has 0 spiro atoms. The van der Waals surface area contributed by atoms with Crippen LogP contribution in [0, 0.1) is 0 Å². The molecule has 3 rings (SSSR count). The quantitative estimate of drug-likeness (QED) is 0.718. The number of fused-ring (bicyclic) bond motifs is 1. The monoisotopic (exact) mass is 352 g/mol. The van der Waals surface area contributed by atoms with E-state index in [1.54, 1.807) is 18.2 Å². The molecule has 0 saturated heterocycles. The summed E-state index contributed by atoms with van der Waals surface area (Å²) in [7, 11) is 0. The summed E-state index contributed by atoms with van der Waals surface area (Å²) < 4.78 is 1.38. The largest absolute Gasteiger partial charge is 0.481 e. The molecule has 0 bridgehead atoms. The van der Waals surface area contributed by atoms with E-state index in [-0.39, 0.29) is 18.7 Å². The van der Waals surface area contributed by atoms with E-state index in [0.717, 1.165) is 0 Å². The Hall–Kier alpha value is -2.52. The average molecular weight is 353 g/mol. The van der Waals surface area contributed by atoms with Crippen molar-refractivity contribution in [2.45, 2.75) is 12.8 Å². The zero-order valence-electron chi connectivity index (χ0n) is 11.4. The van der Waals surface area contributed by atoms with Crippen LogP contribution in [-0.4, -0.2) is 42.0 Å². The Labute approximate surface area is 138 Å². The molecular formula is C13H9ClN4O4S. The van der Waals surface area contributed by atoms with Gasteiger partial charge in [-0.25, -0.2) is 0 Å². The van der Waals surface area contributed by atoms with Gasteiger partial charge in [0.25, 0.3) is 0 Å². The molecule has 2 heterocycles. The number of aromatic nitrogens is 4. The van der Waals surface area contributed by atoms with Gasteiger partial charge in [0.05, 0.1) is 6.42 Å². The molecule has 118 valence electrons. The van der Waals surface area contributed by atoms with Gasteiger partial charge in [0, 0.05) is 10.6 Å². The number of rotatable bonds is 5. The Morgan fingerprint density at radius 3 is 2.57 bits per heavy atom. The fraction of sp³-hybridized carbons (Fsp3) is 0.154. The Balaban J connectivity index is 1.97. The molecule has 0 aliphatic heterocycles. The normalized spacial score (nSPS) is 11.0. The van der Waals surface area contributed by atoms with Gasteiger partial charge in [-0.3, -0.25) is 9.59 Å². The van der Waals surface area contributed by atoms with Crippen molar-refractivity contribution >= 4 is 39.8 Å². The van der Waals surface area contributed by atoms with Crippen LogP contribution < -0.4 is 0 Å². The SMILES string of the molecule is O=C(O)Cc1ccc(-c2nn3c(CC(=O)O)nnc3s2)cc1Cl. The second-order valence-corrected chi connectivity index (χ2v) is 6.03. The number of aliphatic carboxylic acids is 2. The van der Waals surface area contributed by atoms with E-state index in [2.05, 4.69) is 15.3 Å². The summed E-state index contributed by atoms with van der Waals surface area (Å²) in [6, 6.07) is 4.97. The van der Waals surface area contributed by atoms with Crippen LogP contribution in [0.2, 0.25) is 5.02 Å². The van der Waals surface area contributed by atoms with Crippen LogP contribution in [0.1, 0.15) is 11.4 Å². The first-order chi connectivity index (χ1) is 10.9. The Morgan fingerprint density at radius 2 is 1.91 bits per heavy atom. The van der Waals surface area contributed by atoms with Crippen molar-refractivity contribution in [2.75, 3.05) is 0 Å². The van der Waals surface area contributed by atoms with E-state index >= 15 is 0 Å². The number of hydrogen-bond acceptors (Lipinski definition) is 6. The van der Waals surface area contributed by atoms with Gasteiger partial charge in [-0.2, -0.15) is 9.61 Å². The predicted octanol–water partition coefficient (Wildman–Crippen LogP) is 1.76. The fourth-order valence-electron chi connectivity index (χ4n) is 2.01. The molecule has 1 aromatic carbocycles. The summed E-state index contributed by atoms with van der Waals surface area (Å²) in [6.45, 7) is 0. The first-order valence-electron chi connectivity index (χ1n) is 6.37. The fourth-order valence-corrected chi connectivity index (χ4v) is 3.11. The lowest BCUT2D eigenvalue weighted by Gasteiger charge is -2.03.